The van der Waals surface area contributed by atoms with Crippen LogP contribution in [0.25, 0.3) is 17.5 Å². The van der Waals surface area contributed by atoms with Crippen molar-refractivity contribution in [2.24, 2.45) is 0 Å². The summed E-state index contributed by atoms with van der Waals surface area (Å²) in [5.74, 6) is -2.34. The van der Waals surface area contributed by atoms with E-state index < -0.39 is 43.4 Å². The van der Waals surface area contributed by atoms with Crippen molar-refractivity contribution in [1.82, 2.24) is 10.2 Å². The second kappa shape index (κ2) is 8.81. The summed E-state index contributed by atoms with van der Waals surface area (Å²) in [5.41, 5.74) is -1.56. The lowest BCUT2D eigenvalue weighted by molar-refractivity contribution is -0.394. The number of carboxylic acids is 1. The lowest BCUT2D eigenvalue weighted by Gasteiger charge is -2.03. The van der Waals surface area contributed by atoms with Crippen LogP contribution in [0.15, 0.2) is 50.9 Å². The summed E-state index contributed by atoms with van der Waals surface area (Å²) < 4.78 is 5.40. The molecule has 14 heteroatoms. The van der Waals surface area contributed by atoms with E-state index in [-0.39, 0.29) is 11.1 Å². The molecule has 0 aliphatic carbocycles. The van der Waals surface area contributed by atoms with E-state index in [0.29, 0.717) is 28.4 Å². The summed E-state index contributed by atoms with van der Waals surface area (Å²) in [5, 5.41) is 49.4. The Bertz CT molecular complexity index is 1230. The minimum absolute atomic E-state index is 0.0812. The van der Waals surface area contributed by atoms with Gasteiger partial charge in [-0.3, -0.25) is 20.2 Å². The molecule has 0 amide bonds. The Morgan fingerprint density at radius 2 is 1.81 bits per heavy atom. The minimum Gasteiger partial charge on any atom is -0.502 e. The number of carboxylic acid groups (broad SMARTS) is 1. The average molecular weight is 465 g/mol. The van der Waals surface area contributed by atoms with Crippen molar-refractivity contribution >= 4 is 46.8 Å². The van der Waals surface area contributed by atoms with Gasteiger partial charge < -0.3 is 14.6 Å². The third-order valence-electron chi connectivity index (χ3n) is 3.70. The molecule has 1 heterocycles. The topological polar surface area (TPSA) is 183 Å². The predicted molar refractivity (Wildman–Crippen MR) is 108 cm³/mol. The highest BCUT2D eigenvalue weighted by atomic mass is 35.5. The van der Waals surface area contributed by atoms with E-state index in [4.69, 9.17) is 16.0 Å². The molecule has 0 atom stereocenters. The lowest BCUT2D eigenvalue weighted by atomic mass is 10.1. The number of phenols is 1. The fraction of sp³-hybridized carbons (Fsp3) is 0. The second-order valence-corrected chi connectivity index (χ2v) is 7.14. The van der Waals surface area contributed by atoms with Crippen molar-refractivity contribution < 1.29 is 29.3 Å². The monoisotopic (exact) mass is 464 g/mol. The standard InChI is InChI=1S/C17H9ClN4O8S/c18-10-3-1-8(2-4-10)15-19-20-17(30-15)31-13(16(24)25)6-9-5-11(21(26)27)7-12(14(9)23)22(28)29/h1-7,23H,(H,24,25)/b13-6-. The van der Waals surface area contributed by atoms with Gasteiger partial charge in [-0.15, -0.1) is 10.2 Å². The Morgan fingerprint density at radius 3 is 2.39 bits per heavy atom. The van der Waals surface area contributed by atoms with Crippen LogP contribution in [0.4, 0.5) is 11.4 Å². The number of rotatable bonds is 7. The average Bonchev–Trinajstić information content (AvgIpc) is 3.17. The van der Waals surface area contributed by atoms with Gasteiger partial charge in [0.2, 0.25) is 11.6 Å². The molecule has 158 valence electrons. The van der Waals surface area contributed by atoms with Gasteiger partial charge in [-0.25, -0.2) is 4.79 Å². The first-order valence-corrected chi connectivity index (χ1v) is 9.23. The van der Waals surface area contributed by atoms with E-state index in [2.05, 4.69) is 10.2 Å². The third-order valence-corrected chi connectivity index (χ3v) is 4.81. The Morgan fingerprint density at radius 1 is 1.13 bits per heavy atom. The van der Waals surface area contributed by atoms with Crippen LogP contribution >= 0.6 is 23.4 Å². The molecule has 2 N–H and O–H groups in total. The van der Waals surface area contributed by atoms with E-state index in [9.17, 15) is 35.2 Å². The molecule has 0 saturated heterocycles. The number of nitro groups is 2. The lowest BCUT2D eigenvalue weighted by Crippen LogP contribution is -1.99. The van der Waals surface area contributed by atoms with Crippen molar-refractivity contribution in [3.8, 4) is 17.2 Å². The highest BCUT2D eigenvalue weighted by Crippen LogP contribution is 2.38. The van der Waals surface area contributed by atoms with Gasteiger partial charge in [0.1, 0.15) is 4.91 Å². The van der Waals surface area contributed by atoms with Gasteiger partial charge in [0.05, 0.1) is 15.9 Å². The molecule has 0 aliphatic heterocycles. The van der Waals surface area contributed by atoms with Crippen LogP contribution < -0.4 is 0 Å². The maximum absolute atomic E-state index is 11.6. The van der Waals surface area contributed by atoms with Crippen LogP contribution in [0.3, 0.4) is 0 Å². The number of aromatic hydroxyl groups is 1. The zero-order valence-electron chi connectivity index (χ0n) is 15.0. The van der Waals surface area contributed by atoms with Crippen LogP contribution in [0.5, 0.6) is 5.75 Å². The molecule has 31 heavy (non-hydrogen) atoms. The fourth-order valence-electron chi connectivity index (χ4n) is 2.31. The first-order valence-electron chi connectivity index (χ1n) is 8.03. The Hall–Kier alpha value is -3.97. The van der Waals surface area contributed by atoms with Crippen molar-refractivity contribution in [3.05, 3.63) is 72.1 Å². The van der Waals surface area contributed by atoms with Gasteiger partial charge in [-0.2, -0.15) is 0 Å². The van der Waals surface area contributed by atoms with E-state index in [1.807, 2.05) is 0 Å². The molecule has 0 spiro atoms. The summed E-state index contributed by atoms with van der Waals surface area (Å²) in [6.45, 7) is 0. The number of benzene rings is 2. The Balaban J connectivity index is 1.98. The normalized spacial score (nSPS) is 11.3. The van der Waals surface area contributed by atoms with E-state index in [1.54, 1.807) is 24.3 Å². The van der Waals surface area contributed by atoms with Crippen molar-refractivity contribution in [2.75, 3.05) is 0 Å². The van der Waals surface area contributed by atoms with E-state index in [1.165, 1.54) is 0 Å². The van der Waals surface area contributed by atoms with Gasteiger partial charge >= 0.3 is 11.7 Å². The first-order chi connectivity index (χ1) is 14.7. The highest BCUT2D eigenvalue weighted by Gasteiger charge is 2.25. The third kappa shape index (κ3) is 4.96. The maximum atomic E-state index is 11.6. The number of thioether (sulfide) groups is 1. The quantitative estimate of drug-likeness (QED) is 0.222. The Labute approximate surface area is 181 Å². The molecule has 0 fully saturated rings. The molecule has 2 aromatic carbocycles. The van der Waals surface area contributed by atoms with Crippen molar-refractivity contribution in [2.45, 2.75) is 5.22 Å². The Kier molecular flexibility index (Phi) is 6.17. The van der Waals surface area contributed by atoms with Crippen LogP contribution in [0, 0.1) is 20.2 Å². The predicted octanol–water partition coefficient (Wildman–Crippen LogP) is 4.13. The molecule has 3 rings (SSSR count). The molecule has 0 unspecified atom stereocenters. The fourth-order valence-corrected chi connectivity index (χ4v) is 3.10. The van der Waals surface area contributed by atoms with E-state index >= 15 is 0 Å². The number of aromatic nitrogens is 2. The number of phenolic OH excluding ortho intramolecular Hbond substituents is 1. The highest BCUT2D eigenvalue weighted by molar-refractivity contribution is 8.03. The number of hydrogen-bond donors (Lipinski definition) is 2. The summed E-state index contributed by atoms with van der Waals surface area (Å²) in [4.78, 5) is 31.3. The smallest absolute Gasteiger partial charge is 0.342 e. The largest absolute Gasteiger partial charge is 0.502 e. The summed E-state index contributed by atoms with van der Waals surface area (Å²) >= 11 is 6.30. The van der Waals surface area contributed by atoms with Crippen molar-refractivity contribution in [3.63, 3.8) is 0 Å². The number of non-ortho nitro benzene ring substituents is 1. The van der Waals surface area contributed by atoms with Gasteiger partial charge in [0, 0.05) is 22.2 Å². The van der Waals surface area contributed by atoms with Crippen LogP contribution in [-0.2, 0) is 4.79 Å². The zero-order valence-corrected chi connectivity index (χ0v) is 16.5. The SMILES string of the molecule is O=C(O)/C(=C/c1cc([N+](=O)[O-])cc([N+](=O)[O-])c1O)Sc1nnc(-c2ccc(Cl)cc2)o1. The summed E-state index contributed by atoms with van der Waals surface area (Å²) in [6, 6.07) is 7.77. The van der Waals surface area contributed by atoms with Crippen LogP contribution in [-0.4, -0.2) is 36.2 Å². The van der Waals surface area contributed by atoms with E-state index in [0.717, 1.165) is 12.1 Å². The van der Waals surface area contributed by atoms with Gasteiger partial charge in [0.25, 0.3) is 10.9 Å². The number of hydrogen-bond acceptors (Lipinski definition) is 10. The number of carbonyl (C=O) groups is 1. The van der Waals surface area contributed by atoms with Crippen LogP contribution in [0.1, 0.15) is 5.56 Å². The molecule has 12 nitrogen and oxygen atoms in total. The molecular formula is C17H9ClN4O8S. The molecule has 3 aromatic rings. The molecule has 0 radical (unpaired) electrons. The van der Waals surface area contributed by atoms with Gasteiger partial charge in [-0.05, 0) is 42.1 Å². The van der Waals surface area contributed by atoms with Gasteiger partial charge in [0.15, 0.2) is 0 Å². The molecule has 0 aliphatic rings. The number of nitrogens with zero attached hydrogens (tertiary/aromatic N) is 4. The van der Waals surface area contributed by atoms with Crippen LogP contribution in [0.2, 0.25) is 5.02 Å². The molecular weight excluding hydrogens is 456 g/mol. The summed E-state index contributed by atoms with van der Waals surface area (Å²) in [7, 11) is 0. The number of aliphatic carboxylic acids is 1. The molecule has 0 bridgehead atoms. The van der Waals surface area contributed by atoms with Crippen molar-refractivity contribution in [1.29, 1.82) is 0 Å². The zero-order chi connectivity index (χ0) is 22.7. The maximum Gasteiger partial charge on any atom is 0.342 e. The number of nitro benzene ring substituents is 2. The number of halogens is 1. The van der Waals surface area contributed by atoms with Gasteiger partial charge in [-0.1, -0.05) is 11.6 Å². The summed E-state index contributed by atoms with van der Waals surface area (Å²) in [6.07, 6.45) is 0.828. The minimum atomic E-state index is -1.50. The molecule has 1 aromatic heterocycles. The second-order valence-electron chi connectivity index (χ2n) is 5.71. The molecule has 0 saturated carbocycles. The first kappa shape index (κ1) is 21.7.